The molecular weight excluding hydrogens is 265 g/mol. The van der Waals surface area contributed by atoms with Crippen molar-refractivity contribution in [1.29, 1.82) is 0 Å². The zero-order valence-electron chi connectivity index (χ0n) is 11.2. The molecule has 1 aliphatic heterocycles. The summed E-state index contributed by atoms with van der Waals surface area (Å²) >= 11 is 0. The Kier molecular flexibility index (Phi) is 3.50. The predicted octanol–water partition coefficient (Wildman–Crippen LogP) is 2.57. The summed E-state index contributed by atoms with van der Waals surface area (Å²) in [6.45, 7) is 0.838. The first-order valence-electron chi connectivity index (χ1n) is 7.11. The van der Waals surface area contributed by atoms with Crippen molar-refractivity contribution in [2.24, 2.45) is 17.6 Å². The van der Waals surface area contributed by atoms with E-state index < -0.39 is 11.7 Å². The molecule has 2 nitrogen and oxygen atoms in total. The van der Waals surface area contributed by atoms with E-state index in [0.717, 1.165) is 19.4 Å². The minimum absolute atomic E-state index is 0.122. The van der Waals surface area contributed by atoms with Crippen molar-refractivity contribution in [3.8, 4) is 0 Å². The van der Waals surface area contributed by atoms with Gasteiger partial charge in [0.15, 0.2) is 0 Å². The molecule has 3 N–H and O–H groups in total. The molecule has 1 aromatic rings. The van der Waals surface area contributed by atoms with Gasteiger partial charge in [-0.1, -0.05) is 18.2 Å². The predicted molar refractivity (Wildman–Crippen MR) is 71.1 cm³/mol. The third kappa shape index (κ3) is 2.44. The van der Waals surface area contributed by atoms with Crippen LogP contribution in [0.4, 0.5) is 13.2 Å². The maximum absolute atomic E-state index is 13.0. The third-order valence-electron chi connectivity index (χ3n) is 4.83. The molecule has 2 fully saturated rings. The second-order valence-electron chi connectivity index (χ2n) is 5.94. The first kappa shape index (κ1) is 13.9. The quantitative estimate of drug-likeness (QED) is 0.876. The van der Waals surface area contributed by atoms with Crippen LogP contribution in [0.25, 0.3) is 0 Å². The highest BCUT2D eigenvalue weighted by atomic mass is 19.4. The normalized spacial score (nSPS) is 33.4. The van der Waals surface area contributed by atoms with E-state index in [1.54, 1.807) is 12.1 Å². The fourth-order valence-corrected chi connectivity index (χ4v) is 3.81. The molecule has 0 aromatic heterocycles. The minimum Gasteiger partial charge on any atom is -0.327 e. The van der Waals surface area contributed by atoms with Crippen LogP contribution in [-0.4, -0.2) is 18.6 Å². The average Bonchev–Trinajstić information content (AvgIpc) is 2.94. The topological polar surface area (TPSA) is 38.0 Å². The largest absolute Gasteiger partial charge is 0.416 e. The molecule has 0 spiro atoms. The summed E-state index contributed by atoms with van der Waals surface area (Å²) in [7, 11) is 0. The van der Waals surface area contributed by atoms with Gasteiger partial charge in [-0.3, -0.25) is 0 Å². The lowest BCUT2D eigenvalue weighted by molar-refractivity contribution is -0.138. The molecule has 1 aliphatic carbocycles. The van der Waals surface area contributed by atoms with Gasteiger partial charge >= 0.3 is 6.18 Å². The number of rotatable bonds is 2. The summed E-state index contributed by atoms with van der Waals surface area (Å²) in [6, 6.07) is 6.21. The molecule has 4 atom stereocenters. The highest BCUT2D eigenvalue weighted by Gasteiger charge is 2.44. The van der Waals surface area contributed by atoms with Crippen molar-refractivity contribution in [3.05, 3.63) is 35.4 Å². The molecule has 1 aromatic carbocycles. The Labute approximate surface area is 116 Å². The molecule has 0 amide bonds. The van der Waals surface area contributed by atoms with Crippen molar-refractivity contribution >= 4 is 0 Å². The number of fused-ring (bicyclic) bond motifs is 1. The summed E-state index contributed by atoms with van der Waals surface area (Å²) in [5.74, 6) is 0.851. The lowest BCUT2D eigenvalue weighted by Gasteiger charge is -2.21. The number of hydrogen-bond donors (Lipinski definition) is 2. The highest BCUT2D eigenvalue weighted by molar-refractivity contribution is 5.31. The summed E-state index contributed by atoms with van der Waals surface area (Å²) in [5, 5.41) is 3.37. The summed E-state index contributed by atoms with van der Waals surface area (Å²) in [4.78, 5) is 0. The van der Waals surface area contributed by atoms with E-state index in [2.05, 4.69) is 5.32 Å². The first-order valence-corrected chi connectivity index (χ1v) is 7.11. The van der Waals surface area contributed by atoms with Crippen LogP contribution in [-0.2, 0) is 12.6 Å². The van der Waals surface area contributed by atoms with Crippen LogP contribution in [0.1, 0.15) is 24.0 Å². The molecule has 2 aliphatic rings. The SMILES string of the molecule is NC1CC[C@H]2C(Cc3ccccc3C(F)(F)F)NCC12. The van der Waals surface area contributed by atoms with Crippen LogP contribution in [0.15, 0.2) is 24.3 Å². The van der Waals surface area contributed by atoms with Gasteiger partial charge in [-0.2, -0.15) is 13.2 Å². The Hall–Kier alpha value is -1.07. The summed E-state index contributed by atoms with van der Waals surface area (Å²) < 4.78 is 39.0. The van der Waals surface area contributed by atoms with Gasteiger partial charge in [0.05, 0.1) is 5.56 Å². The molecule has 3 unspecified atom stereocenters. The molecule has 3 rings (SSSR count). The monoisotopic (exact) mass is 284 g/mol. The average molecular weight is 284 g/mol. The maximum atomic E-state index is 13.0. The van der Waals surface area contributed by atoms with Gasteiger partial charge in [-0.05, 0) is 42.7 Å². The van der Waals surface area contributed by atoms with Gasteiger partial charge < -0.3 is 11.1 Å². The molecule has 1 saturated carbocycles. The molecule has 1 saturated heterocycles. The molecule has 110 valence electrons. The van der Waals surface area contributed by atoms with Crippen molar-refractivity contribution in [2.75, 3.05) is 6.54 Å². The zero-order valence-corrected chi connectivity index (χ0v) is 11.2. The van der Waals surface area contributed by atoms with Crippen LogP contribution in [0, 0.1) is 11.8 Å². The molecule has 20 heavy (non-hydrogen) atoms. The molecule has 0 radical (unpaired) electrons. The summed E-state index contributed by atoms with van der Waals surface area (Å²) in [6.07, 6.45) is -1.82. The number of nitrogens with one attached hydrogen (secondary N) is 1. The second-order valence-corrected chi connectivity index (χ2v) is 5.94. The van der Waals surface area contributed by atoms with E-state index in [-0.39, 0.29) is 12.1 Å². The number of alkyl halides is 3. The Bertz CT molecular complexity index is 486. The lowest BCUT2D eigenvalue weighted by Crippen LogP contribution is -2.30. The standard InChI is InChI=1S/C15H19F3N2/c16-15(17,18)12-4-2-1-3-9(12)7-14-10-5-6-13(19)11(10)8-20-14/h1-4,10-11,13-14,20H,5-8,19H2/t10-,11?,13?,14?/m1/s1. The number of benzene rings is 1. The first-order chi connectivity index (χ1) is 9.47. The van der Waals surface area contributed by atoms with Gasteiger partial charge in [-0.25, -0.2) is 0 Å². The number of hydrogen-bond acceptors (Lipinski definition) is 2. The van der Waals surface area contributed by atoms with E-state index in [9.17, 15) is 13.2 Å². The number of halogens is 3. The van der Waals surface area contributed by atoms with Crippen molar-refractivity contribution < 1.29 is 13.2 Å². The van der Waals surface area contributed by atoms with Gasteiger partial charge in [0.25, 0.3) is 0 Å². The van der Waals surface area contributed by atoms with E-state index in [4.69, 9.17) is 5.73 Å². The van der Waals surface area contributed by atoms with Crippen molar-refractivity contribution in [2.45, 2.75) is 37.5 Å². The smallest absolute Gasteiger partial charge is 0.327 e. The van der Waals surface area contributed by atoms with Crippen molar-refractivity contribution in [1.82, 2.24) is 5.32 Å². The van der Waals surface area contributed by atoms with E-state index in [0.29, 0.717) is 23.8 Å². The number of nitrogens with two attached hydrogens (primary N) is 1. The fraction of sp³-hybridized carbons (Fsp3) is 0.600. The Morgan fingerprint density at radius 3 is 2.65 bits per heavy atom. The van der Waals surface area contributed by atoms with Crippen LogP contribution >= 0.6 is 0 Å². The van der Waals surface area contributed by atoms with Crippen LogP contribution in [0.2, 0.25) is 0 Å². The molecular formula is C15H19F3N2. The van der Waals surface area contributed by atoms with Crippen molar-refractivity contribution in [3.63, 3.8) is 0 Å². The van der Waals surface area contributed by atoms with E-state index in [1.165, 1.54) is 12.1 Å². The third-order valence-corrected chi connectivity index (χ3v) is 4.83. The van der Waals surface area contributed by atoms with E-state index in [1.807, 2.05) is 0 Å². The molecule has 1 heterocycles. The minimum atomic E-state index is -4.28. The van der Waals surface area contributed by atoms with E-state index >= 15 is 0 Å². The zero-order chi connectivity index (χ0) is 14.3. The fourth-order valence-electron chi connectivity index (χ4n) is 3.81. The highest BCUT2D eigenvalue weighted by Crippen LogP contribution is 2.39. The van der Waals surface area contributed by atoms with Crippen LogP contribution < -0.4 is 11.1 Å². The Balaban J connectivity index is 1.79. The molecule has 5 heteroatoms. The lowest BCUT2D eigenvalue weighted by atomic mass is 9.88. The summed E-state index contributed by atoms with van der Waals surface area (Å²) in [5.41, 5.74) is 5.94. The maximum Gasteiger partial charge on any atom is 0.416 e. The second kappa shape index (κ2) is 5.04. The van der Waals surface area contributed by atoms with Gasteiger partial charge in [0, 0.05) is 18.6 Å². The Morgan fingerprint density at radius 1 is 1.15 bits per heavy atom. The van der Waals surface area contributed by atoms with Crippen LogP contribution in [0.5, 0.6) is 0 Å². The van der Waals surface area contributed by atoms with Gasteiger partial charge in [0.1, 0.15) is 0 Å². The van der Waals surface area contributed by atoms with Gasteiger partial charge in [0.2, 0.25) is 0 Å². The molecule has 0 bridgehead atoms. The van der Waals surface area contributed by atoms with Crippen LogP contribution in [0.3, 0.4) is 0 Å². The Morgan fingerprint density at radius 2 is 1.90 bits per heavy atom. The van der Waals surface area contributed by atoms with Gasteiger partial charge in [-0.15, -0.1) is 0 Å².